The van der Waals surface area contributed by atoms with E-state index in [4.69, 9.17) is 9.84 Å². The van der Waals surface area contributed by atoms with Crippen LogP contribution in [0, 0.1) is 10.1 Å². The van der Waals surface area contributed by atoms with Crippen LogP contribution in [0.25, 0.3) is 0 Å². The van der Waals surface area contributed by atoms with E-state index in [9.17, 15) is 10.1 Å². The van der Waals surface area contributed by atoms with Crippen LogP contribution in [-0.4, -0.2) is 20.6 Å². The minimum atomic E-state index is -0.671. The Morgan fingerprint density at radius 2 is 1.82 bits per heavy atom. The van der Waals surface area contributed by atoms with E-state index in [1.165, 1.54) is 6.07 Å². The minimum Gasteiger partial charge on any atom is -0.464 e. The van der Waals surface area contributed by atoms with Crippen LogP contribution in [-0.2, 0) is 0 Å². The van der Waals surface area contributed by atoms with Crippen LogP contribution >= 0.6 is 0 Å². The van der Waals surface area contributed by atoms with E-state index in [-0.39, 0.29) is 16.7 Å². The van der Waals surface area contributed by atoms with Crippen molar-refractivity contribution in [2.24, 2.45) is 5.10 Å². The zero-order chi connectivity index (χ0) is 19.1. The number of para-hydroxylation sites is 2. The number of nitro groups is 1. The molecule has 7 heteroatoms. The smallest absolute Gasteiger partial charge is 0.278 e. The second-order valence-corrected chi connectivity index (χ2v) is 6.71. The van der Waals surface area contributed by atoms with Gasteiger partial charge in [0.1, 0.15) is 5.75 Å². The fraction of sp³-hybridized carbons (Fsp3) is 0.143. The van der Waals surface area contributed by atoms with Gasteiger partial charge in [-0.1, -0.05) is 36.4 Å². The van der Waals surface area contributed by atoms with Crippen molar-refractivity contribution >= 4 is 11.4 Å². The van der Waals surface area contributed by atoms with Crippen molar-refractivity contribution in [2.45, 2.75) is 18.7 Å². The summed E-state index contributed by atoms with van der Waals surface area (Å²) < 4.78 is 6.21. The summed E-state index contributed by atoms with van der Waals surface area (Å²) >= 11 is 0. The van der Waals surface area contributed by atoms with Gasteiger partial charge in [0.2, 0.25) is 6.23 Å². The van der Waals surface area contributed by atoms with Crippen molar-refractivity contribution in [1.29, 1.82) is 0 Å². The Hall–Kier alpha value is -3.74. The average molecular weight is 372 g/mol. The van der Waals surface area contributed by atoms with Crippen LogP contribution < -0.4 is 4.74 Å². The van der Waals surface area contributed by atoms with Crippen molar-refractivity contribution in [3.05, 3.63) is 99.9 Å². The normalized spacial score (nSPS) is 20.0. The van der Waals surface area contributed by atoms with Crippen LogP contribution in [0.3, 0.4) is 0 Å². The molecular weight excluding hydrogens is 356 g/mol. The first-order valence-electron chi connectivity index (χ1n) is 8.97. The summed E-state index contributed by atoms with van der Waals surface area (Å²) in [5.41, 5.74) is 3.37. The molecule has 0 saturated heterocycles. The van der Waals surface area contributed by atoms with Gasteiger partial charge in [0.15, 0.2) is 0 Å². The van der Waals surface area contributed by atoms with Crippen LogP contribution in [0.15, 0.2) is 78.2 Å². The molecule has 2 aliphatic rings. The first-order chi connectivity index (χ1) is 13.7. The molecule has 0 amide bonds. The van der Waals surface area contributed by atoms with Gasteiger partial charge in [0.25, 0.3) is 5.69 Å². The van der Waals surface area contributed by atoms with Gasteiger partial charge in [-0.05, 0) is 18.2 Å². The maximum absolute atomic E-state index is 11.6. The SMILES string of the molecule is O=[N+]([O-])c1ccccc1C1Oc2ccccc2C2CC(c3cccnc3)=NN21. The number of pyridine rings is 1. The molecule has 2 unspecified atom stereocenters. The highest BCUT2D eigenvalue weighted by molar-refractivity contribution is 6.01. The Morgan fingerprint density at radius 3 is 2.61 bits per heavy atom. The van der Waals surface area contributed by atoms with E-state index in [1.807, 2.05) is 41.4 Å². The Bertz CT molecular complexity index is 1080. The molecule has 2 aliphatic heterocycles. The molecule has 2 atom stereocenters. The summed E-state index contributed by atoms with van der Waals surface area (Å²) in [4.78, 5) is 15.4. The van der Waals surface area contributed by atoms with Gasteiger partial charge in [-0.25, -0.2) is 5.01 Å². The Balaban J connectivity index is 1.64. The first-order valence-corrected chi connectivity index (χ1v) is 8.97. The molecular formula is C21H16N4O3. The molecule has 138 valence electrons. The van der Waals surface area contributed by atoms with E-state index >= 15 is 0 Å². The summed E-state index contributed by atoms with van der Waals surface area (Å²) in [5.74, 6) is 0.731. The zero-order valence-corrected chi connectivity index (χ0v) is 14.8. The van der Waals surface area contributed by atoms with E-state index in [1.54, 1.807) is 30.6 Å². The number of hydrazone groups is 1. The molecule has 0 radical (unpaired) electrons. The van der Waals surface area contributed by atoms with Gasteiger partial charge in [0, 0.05) is 36.0 Å². The lowest BCUT2D eigenvalue weighted by Crippen LogP contribution is -2.34. The molecule has 0 N–H and O–H groups in total. The molecule has 3 heterocycles. The highest BCUT2D eigenvalue weighted by Gasteiger charge is 2.42. The highest BCUT2D eigenvalue weighted by Crippen LogP contribution is 2.48. The molecule has 0 aliphatic carbocycles. The number of nitro benzene ring substituents is 1. The molecule has 7 nitrogen and oxygen atoms in total. The maximum atomic E-state index is 11.6. The summed E-state index contributed by atoms with van der Waals surface area (Å²) in [6, 6.07) is 18.2. The predicted molar refractivity (Wildman–Crippen MR) is 103 cm³/mol. The summed E-state index contributed by atoms with van der Waals surface area (Å²) in [5, 5.41) is 18.2. The van der Waals surface area contributed by atoms with Gasteiger partial charge in [0.05, 0.1) is 22.2 Å². The van der Waals surface area contributed by atoms with E-state index in [2.05, 4.69) is 4.98 Å². The third kappa shape index (κ3) is 2.60. The van der Waals surface area contributed by atoms with Crippen molar-refractivity contribution < 1.29 is 9.66 Å². The number of aromatic nitrogens is 1. The lowest BCUT2D eigenvalue weighted by Gasteiger charge is -2.37. The topological polar surface area (TPSA) is 80.9 Å². The monoisotopic (exact) mass is 372 g/mol. The summed E-state index contributed by atoms with van der Waals surface area (Å²) in [7, 11) is 0. The van der Waals surface area contributed by atoms with Gasteiger partial charge >= 0.3 is 0 Å². The average Bonchev–Trinajstić information content (AvgIpc) is 3.19. The Labute approximate surface area is 161 Å². The standard InChI is InChI=1S/C21H16N4O3/c26-25(27)18-9-3-1-8-16(18)21-24-19(15-7-2-4-10-20(15)28-21)12-17(23-24)14-6-5-11-22-13-14/h1-11,13,19,21H,12H2. The number of nitrogens with zero attached hydrogens (tertiary/aromatic N) is 4. The fourth-order valence-electron chi connectivity index (χ4n) is 3.81. The van der Waals surface area contributed by atoms with Crippen LogP contribution in [0.5, 0.6) is 5.75 Å². The molecule has 2 aromatic carbocycles. The number of hydrogen-bond acceptors (Lipinski definition) is 6. The highest BCUT2D eigenvalue weighted by atomic mass is 16.6. The van der Waals surface area contributed by atoms with Gasteiger partial charge in [-0.3, -0.25) is 15.1 Å². The maximum Gasteiger partial charge on any atom is 0.278 e. The van der Waals surface area contributed by atoms with Gasteiger partial charge in [-0.15, -0.1) is 0 Å². The number of benzene rings is 2. The van der Waals surface area contributed by atoms with Gasteiger partial charge < -0.3 is 4.74 Å². The number of ether oxygens (including phenoxy) is 1. The molecule has 0 spiro atoms. The molecule has 3 aromatic rings. The number of hydrogen-bond donors (Lipinski definition) is 0. The minimum absolute atomic E-state index is 0.0238. The lowest BCUT2D eigenvalue weighted by molar-refractivity contribution is -0.386. The second-order valence-electron chi connectivity index (χ2n) is 6.71. The number of rotatable bonds is 3. The first kappa shape index (κ1) is 16.4. The fourth-order valence-corrected chi connectivity index (χ4v) is 3.81. The van der Waals surface area contributed by atoms with Crippen LogP contribution in [0.2, 0.25) is 0 Å². The summed E-state index contributed by atoms with van der Waals surface area (Å²) in [6.45, 7) is 0. The Kier molecular flexibility index (Phi) is 3.79. The predicted octanol–water partition coefficient (Wildman–Crippen LogP) is 4.23. The van der Waals surface area contributed by atoms with Crippen molar-refractivity contribution in [2.75, 3.05) is 0 Å². The summed E-state index contributed by atoms with van der Waals surface area (Å²) in [6.07, 6.45) is 3.52. The molecule has 5 rings (SSSR count). The third-order valence-corrected chi connectivity index (χ3v) is 5.09. The molecule has 0 bridgehead atoms. The van der Waals surface area contributed by atoms with Crippen LogP contribution in [0.1, 0.15) is 35.4 Å². The molecule has 1 aromatic heterocycles. The zero-order valence-electron chi connectivity index (χ0n) is 14.8. The molecule has 0 fully saturated rings. The third-order valence-electron chi connectivity index (χ3n) is 5.09. The number of fused-ring (bicyclic) bond motifs is 3. The lowest BCUT2D eigenvalue weighted by atomic mass is 9.96. The van der Waals surface area contributed by atoms with Crippen molar-refractivity contribution in [3.8, 4) is 5.75 Å². The van der Waals surface area contributed by atoms with E-state index in [0.717, 1.165) is 22.6 Å². The Morgan fingerprint density at radius 1 is 1.04 bits per heavy atom. The van der Waals surface area contributed by atoms with Crippen LogP contribution in [0.4, 0.5) is 5.69 Å². The largest absolute Gasteiger partial charge is 0.464 e. The molecule has 0 saturated carbocycles. The van der Waals surface area contributed by atoms with Gasteiger partial charge in [-0.2, -0.15) is 5.10 Å². The van der Waals surface area contributed by atoms with E-state index < -0.39 is 6.23 Å². The van der Waals surface area contributed by atoms with Crippen molar-refractivity contribution in [1.82, 2.24) is 9.99 Å². The molecule has 28 heavy (non-hydrogen) atoms. The second kappa shape index (κ2) is 6.45. The van der Waals surface area contributed by atoms with E-state index in [0.29, 0.717) is 12.0 Å². The van der Waals surface area contributed by atoms with Crippen molar-refractivity contribution in [3.63, 3.8) is 0 Å². The quantitative estimate of drug-likeness (QED) is 0.508.